The minimum Gasteiger partial charge on any atom is -0.382 e. The van der Waals surface area contributed by atoms with Crippen molar-refractivity contribution in [2.45, 2.75) is 50.0 Å². The topological polar surface area (TPSA) is 124 Å². The molecule has 4 aromatic rings. The van der Waals surface area contributed by atoms with Crippen LogP contribution >= 0.6 is 0 Å². The molecule has 14 heteroatoms. The van der Waals surface area contributed by atoms with E-state index >= 15 is 4.39 Å². The Kier molecular flexibility index (Phi) is 5.44. The largest absolute Gasteiger partial charge is 0.382 e. The first kappa shape index (κ1) is 23.6. The summed E-state index contributed by atoms with van der Waals surface area (Å²) >= 11 is 0. The van der Waals surface area contributed by atoms with E-state index in [0.29, 0.717) is 54.4 Å². The molecule has 11 nitrogen and oxygen atoms in total. The number of likely N-dealkylation sites (tertiary alicyclic amines) is 1. The van der Waals surface area contributed by atoms with Crippen LogP contribution in [0.2, 0.25) is 0 Å². The van der Waals surface area contributed by atoms with Crippen molar-refractivity contribution >= 4 is 28.4 Å². The van der Waals surface area contributed by atoms with Crippen LogP contribution in [0, 0.1) is 5.92 Å². The number of halogens is 3. The highest BCUT2D eigenvalue weighted by Crippen LogP contribution is 2.48. The van der Waals surface area contributed by atoms with Gasteiger partial charge >= 0.3 is 0 Å². The smallest absolute Gasteiger partial charge is 0.258 e. The Morgan fingerprint density at radius 2 is 2.00 bits per heavy atom. The van der Waals surface area contributed by atoms with Gasteiger partial charge in [-0.05, 0) is 43.4 Å². The van der Waals surface area contributed by atoms with Crippen LogP contribution in [0.4, 0.5) is 24.9 Å². The van der Waals surface area contributed by atoms with Crippen LogP contribution in [-0.2, 0) is 11.3 Å². The number of alkyl halides is 3. The molecule has 3 fully saturated rings. The molecule has 2 atom stereocenters. The molecule has 0 amide bonds. The molecule has 6 heterocycles. The van der Waals surface area contributed by atoms with E-state index in [-0.39, 0.29) is 23.0 Å². The number of nitrogens with zero attached hydrogens (tertiary/aromatic N) is 8. The zero-order valence-electron chi connectivity index (χ0n) is 20.5. The molecule has 0 aromatic carbocycles. The molecule has 7 rings (SSSR count). The third-order valence-electron chi connectivity index (χ3n) is 8.01. The maximum Gasteiger partial charge on any atom is 0.258 e. The Hall–Kier alpha value is -3.52. The van der Waals surface area contributed by atoms with Crippen molar-refractivity contribution in [2.75, 3.05) is 37.4 Å². The summed E-state index contributed by atoms with van der Waals surface area (Å²) in [5.41, 5.74) is 8.64. The molecule has 200 valence electrons. The molecule has 38 heavy (non-hydrogen) atoms. The Balaban J connectivity index is 1.12. The number of pyridine rings is 1. The second-order valence-corrected chi connectivity index (χ2v) is 10.4. The van der Waals surface area contributed by atoms with Crippen molar-refractivity contribution < 1.29 is 17.9 Å². The Morgan fingerprint density at radius 1 is 1.16 bits per heavy atom. The van der Waals surface area contributed by atoms with E-state index in [4.69, 9.17) is 10.5 Å². The maximum absolute atomic E-state index is 15.3. The van der Waals surface area contributed by atoms with Crippen molar-refractivity contribution in [1.82, 2.24) is 39.5 Å². The highest BCUT2D eigenvalue weighted by molar-refractivity contribution is 5.88. The predicted octanol–water partition coefficient (Wildman–Crippen LogP) is 2.39. The number of ether oxygens (including phenoxy) is 1. The average Bonchev–Trinajstić information content (AvgIpc) is 3.48. The summed E-state index contributed by atoms with van der Waals surface area (Å²) in [5.74, 6) is 1.05. The van der Waals surface area contributed by atoms with Crippen LogP contribution in [0.1, 0.15) is 19.3 Å². The van der Waals surface area contributed by atoms with Crippen molar-refractivity contribution in [2.24, 2.45) is 5.92 Å². The first-order valence-corrected chi connectivity index (χ1v) is 12.8. The van der Waals surface area contributed by atoms with E-state index in [9.17, 15) is 8.78 Å². The molecule has 3 N–H and O–H groups in total. The number of fused-ring (bicyclic) bond motifs is 2. The molecular formula is C24H27F3N10O. The summed E-state index contributed by atoms with van der Waals surface area (Å²) in [6, 6.07) is 4.73. The van der Waals surface area contributed by atoms with E-state index in [1.807, 2.05) is 0 Å². The molecule has 0 bridgehead atoms. The zero-order valence-corrected chi connectivity index (χ0v) is 20.5. The second kappa shape index (κ2) is 8.76. The van der Waals surface area contributed by atoms with Crippen molar-refractivity contribution in [1.29, 1.82) is 0 Å². The van der Waals surface area contributed by atoms with Gasteiger partial charge in [0.1, 0.15) is 23.7 Å². The van der Waals surface area contributed by atoms with Crippen molar-refractivity contribution in [3.63, 3.8) is 0 Å². The number of hydrogen-bond donors (Lipinski definition) is 2. The molecule has 1 aliphatic carbocycles. The second-order valence-electron chi connectivity index (χ2n) is 10.4. The summed E-state index contributed by atoms with van der Waals surface area (Å²) in [6.07, 6.45) is 1.06. The normalized spacial score (nSPS) is 23.8. The van der Waals surface area contributed by atoms with Gasteiger partial charge in [0.25, 0.3) is 6.43 Å². The van der Waals surface area contributed by atoms with Crippen LogP contribution in [-0.4, -0.2) is 90.0 Å². The van der Waals surface area contributed by atoms with E-state index in [0.717, 1.165) is 11.2 Å². The SMILES string of the molecule is Nc1nc(N[C@H]2CCN(C3(C4CC4)COC3)C[C@H]2F)nn2ccc(-c3ccc4nnn(CC(F)F)c4n3)c12. The van der Waals surface area contributed by atoms with Gasteiger partial charge in [-0.3, -0.25) is 4.90 Å². The van der Waals surface area contributed by atoms with Crippen LogP contribution in [0.3, 0.4) is 0 Å². The van der Waals surface area contributed by atoms with Crippen molar-refractivity contribution in [3.05, 3.63) is 24.4 Å². The summed E-state index contributed by atoms with van der Waals surface area (Å²) < 4.78 is 49.3. The Labute approximate surface area is 215 Å². The third kappa shape index (κ3) is 3.85. The number of nitrogen functional groups attached to an aromatic ring is 1. The lowest BCUT2D eigenvalue weighted by atomic mass is 9.86. The first-order valence-electron chi connectivity index (χ1n) is 12.8. The number of hydrogen-bond acceptors (Lipinski definition) is 9. The van der Waals surface area contributed by atoms with Crippen LogP contribution < -0.4 is 11.1 Å². The highest BCUT2D eigenvalue weighted by Gasteiger charge is 2.55. The highest BCUT2D eigenvalue weighted by atomic mass is 19.3. The van der Waals surface area contributed by atoms with E-state index in [1.54, 1.807) is 28.9 Å². The predicted molar refractivity (Wildman–Crippen MR) is 132 cm³/mol. The number of nitrogens with two attached hydrogens (primary N) is 1. The molecular weight excluding hydrogens is 501 g/mol. The van der Waals surface area contributed by atoms with Gasteiger partial charge in [-0.15, -0.1) is 10.2 Å². The van der Waals surface area contributed by atoms with Crippen LogP contribution in [0.15, 0.2) is 24.4 Å². The third-order valence-corrected chi connectivity index (χ3v) is 8.01. The molecule has 0 unspecified atom stereocenters. The molecule has 2 saturated heterocycles. The van der Waals surface area contributed by atoms with Crippen LogP contribution in [0.5, 0.6) is 0 Å². The number of nitrogens with one attached hydrogen (secondary N) is 1. The van der Waals surface area contributed by atoms with Gasteiger partial charge in [0.15, 0.2) is 11.5 Å². The maximum atomic E-state index is 15.3. The lowest BCUT2D eigenvalue weighted by Gasteiger charge is -2.53. The number of aromatic nitrogens is 7. The molecule has 0 radical (unpaired) electrons. The molecule has 3 aliphatic rings. The minimum absolute atomic E-state index is 0.0148. The van der Waals surface area contributed by atoms with E-state index in [1.165, 1.54) is 12.8 Å². The zero-order chi connectivity index (χ0) is 26.0. The van der Waals surface area contributed by atoms with Gasteiger partial charge in [-0.2, -0.15) is 4.98 Å². The number of piperidine rings is 1. The van der Waals surface area contributed by atoms with Crippen LogP contribution in [0.25, 0.3) is 27.9 Å². The molecule has 1 saturated carbocycles. The lowest BCUT2D eigenvalue weighted by Crippen LogP contribution is -2.67. The van der Waals surface area contributed by atoms with Gasteiger partial charge < -0.3 is 15.8 Å². The van der Waals surface area contributed by atoms with Gasteiger partial charge in [0.2, 0.25) is 5.95 Å². The fourth-order valence-electron chi connectivity index (χ4n) is 5.82. The Morgan fingerprint density at radius 3 is 2.71 bits per heavy atom. The number of rotatable bonds is 7. The molecule has 4 aromatic heterocycles. The van der Waals surface area contributed by atoms with Gasteiger partial charge in [0.05, 0.1) is 30.5 Å². The fraction of sp³-hybridized carbons (Fsp3) is 0.542. The summed E-state index contributed by atoms with van der Waals surface area (Å²) in [6.45, 7) is 1.93. The summed E-state index contributed by atoms with van der Waals surface area (Å²) in [4.78, 5) is 11.2. The minimum atomic E-state index is -2.58. The van der Waals surface area contributed by atoms with Gasteiger partial charge in [0, 0.05) is 24.8 Å². The van der Waals surface area contributed by atoms with E-state index in [2.05, 4.69) is 35.6 Å². The fourth-order valence-corrected chi connectivity index (χ4v) is 5.82. The standard InChI is InChI=1S/C24H27F3N10O/c25-15-9-35(24(11-38-12-24)13-1-2-13)7-6-17(15)30-23-31-21(28)20-14(5-8-36(20)33-23)16-3-4-18-22(29-16)37(34-32-18)10-19(26)27/h3-5,8,13,15,17,19H,1-2,6-7,9-12H2,(H3,28,30,31,33)/t15-,17+/m1/s1. The lowest BCUT2D eigenvalue weighted by molar-refractivity contribution is -0.163. The number of anilines is 2. The molecule has 2 aliphatic heterocycles. The molecule has 0 spiro atoms. The van der Waals surface area contributed by atoms with E-state index < -0.39 is 25.2 Å². The summed E-state index contributed by atoms with van der Waals surface area (Å²) in [7, 11) is 0. The monoisotopic (exact) mass is 528 g/mol. The first-order chi connectivity index (χ1) is 18.4. The Bertz CT molecular complexity index is 1500. The average molecular weight is 529 g/mol. The quantitative estimate of drug-likeness (QED) is 0.372. The van der Waals surface area contributed by atoms with Gasteiger partial charge in [-0.1, -0.05) is 5.21 Å². The van der Waals surface area contributed by atoms with Crippen molar-refractivity contribution in [3.8, 4) is 11.3 Å². The summed E-state index contributed by atoms with van der Waals surface area (Å²) in [5, 5.41) is 15.3. The van der Waals surface area contributed by atoms with Gasteiger partial charge in [-0.25, -0.2) is 27.4 Å².